The summed E-state index contributed by atoms with van der Waals surface area (Å²) in [4.78, 5) is 2.39. The second-order valence-electron chi connectivity index (χ2n) is 5.29. The summed E-state index contributed by atoms with van der Waals surface area (Å²) in [5.41, 5.74) is 1.30. The number of hydrogen-bond donors (Lipinski definition) is 0. The zero-order valence-corrected chi connectivity index (χ0v) is 10.1. The molecule has 0 atom stereocenters. The van der Waals surface area contributed by atoms with Crippen molar-refractivity contribution in [3.05, 3.63) is 12.3 Å². The molecule has 1 saturated carbocycles. The van der Waals surface area contributed by atoms with E-state index in [9.17, 15) is 0 Å². The van der Waals surface area contributed by atoms with Crippen LogP contribution in [0.2, 0.25) is 0 Å². The van der Waals surface area contributed by atoms with Crippen LogP contribution in [0.4, 0.5) is 0 Å². The predicted octanol–water partition coefficient (Wildman–Crippen LogP) is 3.32. The summed E-state index contributed by atoms with van der Waals surface area (Å²) in [5, 5.41) is 8.83. The number of allylic oxidation sites excluding steroid dienone is 1. The van der Waals surface area contributed by atoms with Crippen molar-refractivity contribution in [2.24, 2.45) is 11.8 Å². The molecule has 0 aromatic carbocycles. The van der Waals surface area contributed by atoms with Crippen molar-refractivity contribution in [3.63, 3.8) is 0 Å². The Hall–Kier alpha value is -0.970. The van der Waals surface area contributed by atoms with Crippen molar-refractivity contribution in [2.75, 3.05) is 13.1 Å². The van der Waals surface area contributed by atoms with Gasteiger partial charge in [-0.05, 0) is 31.6 Å². The summed E-state index contributed by atoms with van der Waals surface area (Å²) in [5.74, 6) is 1.33. The molecule has 2 aliphatic rings. The third-order valence-electron chi connectivity index (χ3n) is 3.90. The Kier molecular flexibility index (Phi) is 3.88. The molecule has 1 heterocycles. The third kappa shape index (κ3) is 3.27. The van der Waals surface area contributed by atoms with Crippen LogP contribution in [0.1, 0.15) is 44.9 Å². The van der Waals surface area contributed by atoms with Crippen LogP contribution in [0.25, 0.3) is 0 Å². The Balaban J connectivity index is 1.63. The molecule has 2 nitrogen and oxygen atoms in total. The zero-order valence-electron chi connectivity index (χ0n) is 10.1. The second-order valence-corrected chi connectivity index (χ2v) is 5.29. The summed E-state index contributed by atoms with van der Waals surface area (Å²) in [6, 6.07) is 2.37. The van der Waals surface area contributed by atoms with E-state index >= 15 is 0 Å². The molecule has 0 amide bonds. The monoisotopic (exact) mass is 218 g/mol. The molecule has 88 valence electrons. The van der Waals surface area contributed by atoms with Gasteiger partial charge in [-0.15, -0.1) is 0 Å². The smallest absolute Gasteiger partial charge is 0.0657 e. The quantitative estimate of drug-likeness (QED) is 0.708. The third-order valence-corrected chi connectivity index (χ3v) is 3.90. The molecule has 0 bridgehead atoms. The van der Waals surface area contributed by atoms with Gasteiger partial charge in [0.25, 0.3) is 0 Å². The molecule has 0 aromatic rings. The van der Waals surface area contributed by atoms with E-state index in [4.69, 9.17) is 5.26 Å². The number of rotatable bonds is 5. The molecule has 2 rings (SSSR count). The number of hydrogen-bond acceptors (Lipinski definition) is 2. The van der Waals surface area contributed by atoms with Gasteiger partial charge in [0, 0.05) is 24.7 Å². The van der Waals surface area contributed by atoms with Crippen LogP contribution >= 0.6 is 0 Å². The van der Waals surface area contributed by atoms with Gasteiger partial charge in [-0.2, -0.15) is 5.26 Å². The number of nitrogens with zero attached hydrogens (tertiary/aromatic N) is 2. The molecule has 2 heteroatoms. The first-order valence-electron chi connectivity index (χ1n) is 6.62. The lowest BCUT2D eigenvalue weighted by Gasteiger charge is -2.32. The molecular weight excluding hydrogens is 196 g/mol. The minimum atomic E-state index is 0.288. The van der Waals surface area contributed by atoms with E-state index in [2.05, 4.69) is 17.5 Å². The van der Waals surface area contributed by atoms with Gasteiger partial charge < -0.3 is 4.90 Å². The highest BCUT2D eigenvalue weighted by Crippen LogP contribution is 2.34. The molecular formula is C14H22N2. The first-order valence-corrected chi connectivity index (χ1v) is 6.62. The standard InChI is InChI=1S/C14H22N2/c1-12(3-2-4-13-5-6-13)16-9-7-14(11-15)8-10-16/h13-14H,1-10H2. The molecule has 0 N–H and O–H groups in total. The lowest BCUT2D eigenvalue weighted by atomic mass is 9.97. The Morgan fingerprint density at radius 3 is 2.50 bits per heavy atom. The summed E-state index contributed by atoms with van der Waals surface area (Å²) in [7, 11) is 0. The van der Waals surface area contributed by atoms with E-state index in [-0.39, 0.29) is 5.92 Å². The molecule has 0 radical (unpaired) electrons. The highest BCUT2D eigenvalue weighted by molar-refractivity contribution is 4.98. The Bertz CT molecular complexity index is 278. The Morgan fingerprint density at radius 2 is 1.94 bits per heavy atom. The number of nitriles is 1. The van der Waals surface area contributed by atoms with Gasteiger partial charge in [-0.3, -0.25) is 0 Å². The van der Waals surface area contributed by atoms with E-state index in [1.165, 1.54) is 31.4 Å². The van der Waals surface area contributed by atoms with Gasteiger partial charge in [0.2, 0.25) is 0 Å². The van der Waals surface area contributed by atoms with Gasteiger partial charge in [0.1, 0.15) is 0 Å². The number of likely N-dealkylation sites (tertiary alicyclic amines) is 1. The average molecular weight is 218 g/mol. The van der Waals surface area contributed by atoms with Crippen LogP contribution in [0.3, 0.4) is 0 Å². The van der Waals surface area contributed by atoms with Crippen molar-refractivity contribution in [2.45, 2.75) is 44.9 Å². The Morgan fingerprint density at radius 1 is 1.25 bits per heavy atom. The fraction of sp³-hybridized carbons (Fsp3) is 0.786. The fourth-order valence-electron chi connectivity index (χ4n) is 2.48. The van der Waals surface area contributed by atoms with Gasteiger partial charge >= 0.3 is 0 Å². The van der Waals surface area contributed by atoms with Crippen LogP contribution < -0.4 is 0 Å². The maximum absolute atomic E-state index is 8.83. The van der Waals surface area contributed by atoms with Gasteiger partial charge in [-0.25, -0.2) is 0 Å². The van der Waals surface area contributed by atoms with Gasteiger partial charge in [-0.1, -0.05) is 25.8 Å². The minimum absolute atomic E-state index is 0.288. The molecule has 1 aliphatic carbocycles. The fourth-order valence-corrected chi connectivity index (χ4v) is 2.48. The molecule has 2 fully saturated rings. The zero-order chi connectivity index (χ0) is 11.4. The maximum Gasteiger partial charge on any atom is 0.0657 e. The first kappa shape index (κ1) is 11.5. The van der Waals surface area contributed by atoms with Crippen molar-refractivity contribution < 1.29 is 0 Å². The predicted molar refractivity (Wildman–Crippen MR) is 65.6 cm³/mol. The SMILES string of the molecule is C=C(CCCC1CC1)N1CCC(C#N)CC1. The second kappa shape index (κ2) is 5.39. The van der Waals surface area contributed by atoms with E-state index in [1.54, 1.807) is 0 Å². The van der Waals surface area contributed by atoms with Crippen molar-refractivity contribution in [3.8, 4) is 6.07 Å². The average Bonchev–Trinajstić information content (AvgIpc) is 3.13. The molecule has 0 aromatic heterocycles. The van der Waals surface area contributed by atoms with Crippen molar-refractivity contribution in [1.82, 2.24) is 4.90 Å². The van der Waals surface area contributed by atoms with E-state index in [0.717, 1.165) is 38.3 Å². The van der Waals surface area contributed by atoms with Crippen LogP contribution in [-0.4, -0.2) is 18.0 Å². The largest absolute Gasteiger partial charge is 0.375 e. The summed E-state index contributed by atoms with van der Waals surface area (Å²) in [6.07, 6.45) is 8.83. The Labute approximate surface area is 98.9 Å². The summed E-state index contributed by atoms with van der Waals surface area (Å²) < 4.78 is 0. The minimum Gasteiger partial charge on any atom is -0.375 e. The topological polar surface area (TPSA) is 27.0 Å². The summed E-state index contributed by atoms with van der Waals surface area (Å²) in [6.45, 7) is 6.27. The van der Waals surface area contributed by atoms with Crippen LogP contribution in [0.15, 0.2) is 12.3 Å². The van der Waals surface area contributed by atoms with Gasteiger partial charge in [0.05, 0.1) is 6.07 Å². The molecule has 1 aliphatic heterocycles. The van der Waals surface area contributed by atoms with Gasteiger partial charge in [0.15, 0.2) is 0 Å². The van der Waals surface area contributed by atoms with E-state index < -0.39 is 0 Å². The lowest BCUT2D eigenvalue weighted by Crippen LogP contribution is -2.32. The maximum atomic E-state index is 8.83. The normalized spacial score (nSPS) is 21.8. The molecule has 0 unspecified atom stereocenters. The number of piperidine rings is 1. The lowest BCUT2D eigenvalue weighted by molar-refractivity contribution is 0.247. The highest BCUT2D eigenvalue weighted by Gasteiger charge is 2.22. The van der Waals surface area contributed by atoms with E-state index in [0.29, 0.717) is 0 Å². The molecule has 0 spiro atoms. The van der Waals surface area contributed by atoms with Crippen LogP contribution in [-0.2, 0) is 0 Å². The van der Waals surface area contributed by atoms with Crippen LogP contribution in [0, 0.1) is 23.2 Å². The van der Waals surface area contributed by atoms with E-state index in [1.807, 2.05) is 0 Å². The van der Waals surface area contributed by atoms with Crippen molar-refractivity contribution in [1.29, 1.82) is 5.26 Å². The first-order chi connectivity index (χ1) is 7.79. The molecule has 1 saturated heterocycles. The highest BCUT2D eigenvalue weighted by atomic mass is 15.1. The van der Waals surface area contributed by atoms with Crippen LogP contribution in [0.5, 0.6) is 0 Å². The molecule has 16 heavy (non-hydrogen) atoms. The summed E-state index contributed by atoms with van der Waals surface area (Å²) >= 11 is 0. The van der Waals surface area contributed by atoms with Crippen molar-refractivity contribution >= 4 is 0 Å².